The molecule has 0 bridgehead atoms. The van der Waals surface area contributed by atoms with Crippen molar-refractivity contribution in [3.05, 3.63) is 70.9 Å². The molecule has 0 saturated heterocycles. The number of amides is 2. The zero-order chi connectivity index (χ0) is 18.8. The van der Waals surface area contributed by atoms with Gasteiger partial charge < -0.3 is 24.8 Å². The lowest BCUT2D eigenvalue weighted by Gasteiger charge is -2.28. The Morgan fingerprint density at radius 1 is 1.15 bits per heavy atom. The summed E-state index contributed by atoms with van der Waals surface area (Å²) in [5.74, 6) is 0.717. The maximum atomic E-state index is 12.8. The van der Waals surface area contributed by atoms with Crippen LogP contribution in [0.2, 0.25) is 0 Å². The van der Waals surface area contributed by atoms with Crippen LogP contribution in [0.1, 0.15) is 24.1 Å². The number of hydrogen-bond acceptors (Lipinski definition) is 5. The third kappa shape index (κ3) is 3.44. The number of carbonyl (C=O) groups is 2. The van der Waals surface area contributed by atoms with Crippen molar-refractivity contribution in [1.82, 2.24) is 10.6 Å². The van der Waals surface area contributed by atoms with E-state index in [9.17, 15) is 9.59 Å². The third-order valence-electron chi connectivity index (χ3n) is 4.43. The third-order valence-corrected chi connectivity index (χ3v) is 4.43. The van der Waals surface area contributed by atoms with Gasteiger partial charge in [-0.1, -0.05) is 36.4 Å². The Kier molecular flexibility index (Phi) is 4.42. The molecule has 0 unspecified atom stereocenters. The molecular formula is C20H18N2O5. The normalized spacial score (nSPS) is 18.0. The summed E-state index contributed by atoms with van der Waals surface area (Å²) in [6.07, 6.45) is 0. The molecule has 0 aliphatic carbocycles. The van der Waals surface area contributed by atoms with Gasteiger partial charge in [-0.3, -0.25) is 0 Å². The second kappa shape index (κ2) is 7.03. The highest BCUT2D eigenvalue weighted by Crippen LogP contribution is 2.37. The Morgan fingerprint density at radius 2 is 1.93 bits per heavy atom. The van der Waals surface area contributed by atoms with Crippen molar-refractivity contribution in [1.29, 1.82) is 0 Å². The predicted molar refractivity (Wildman–Crippen MR) is 95.9 cm³/mol. The fourth-order valence-corrected chi connectivity index (χ4v) is 3.11. The number of hydrogen-bond donors (Lipinski definition) is 2. The molecule has 1 atom stereocenters. The van der Waals surface area contributed by atoms with Crippen molar-refractivity contribution in [2.45, 2.75) is 19.6 Å². The Hall–Kier alpha value is -3.48. The summed E-state index contributed by atoms with van der Waals surface area (Å²) in [5, 5.41) is 5.41. The van der Waals surface area contributed by atoms with E-state index in [1.165, 1.54) is 0 Å². The lowest BCUT2D eigenvalue weighted by atomic mass is 9.95. The maximum Gasteiger partial charge on any atom is 0.338 e. The summed E-state index contributed by atoms with van der Waals surface area (Å²) >= 11 is 0. The number of allylic oxidation sites excluding steroid dienone is 1. The van der Waals surface area contributed by atoms with Gasteiger partial charge in [0.25, 0.3) is 0 Å². The summed E-state index contributed by atoms with van der Waals surface area (Å²) in [4.78, 5) is 24.8. The Bertz CT molecular complexity index is 923. The van der Waals surface area contributed by atoms with Crippen LogP contribution in [0.5, 0.6) is 11.5 Å². The number of urea groups is 1. The van der Waals surface area contributed by atoms with Gasteiger partial charge in [0, 0.05) is 5.70 Å². The molecule has 27 heavy (non-hydrogen) atoms. The molecule has 7 nitrogen and oxygen atoms in total. The molecule has 2 aliphatic rings. The van der Waals surface area contributed by atoms with Gasteiger partial charge in [-0.2, -0.15) is 0 Å². The molecule has 0 saturated carbocycles. The molecule has 2 amide bonds. The Labute approximate surface area is 155 Å². The number of ether oxygens (including phenoxy) is 3. The van der Waals surface area contributed by atoms with Crippen LogP contribution in [0.4, 0.5) is 4.79 Å². The van der Waals surface area contributed by atoms with Crippen LogP contribution >= 0.6 is 0 Å². The minimum absolute atomic E-state index is 0.151. The smallest absolute Gasteiger partial charge is 0.338 e. The van der Waals surface area contributed by atoms with Crippen molar-refractivity contribution >= 4 is 12.0 Å². The summed E-state index contributed by atoms with van der Waals surface area (Å²) in [6, 6.07) is 13.7. The van der Waals surface area contributed by atoms with Gasteiger partial charge in [0.05, 0.1) is 11.6 Å². The first-order valence-electron chi connectivity index (χ1n) is 8.50. The van der Waals surface area contributed by atoms with E-state index in [2.05, 4.69) is 10.6 Å². The van der Waals surface area contributed by atoms with Crippen molar-refractivity contribution in [3.63, 3.8) is 0 Å². The van der Waals surface area contributed by atoms with Crippen LogP contribution in [-0.4, -0.2) is 18.8 Å². The zero-order valence-corrected chi connectivity index (χ0v) is 14.7. The Balaban J connectivity index is 1.60. The van der Waals surface area contributed by atoms with E-state index >= 15 is 0 Å². The maximum absolute atomic E-state index is 12.8. The molecule has 2 aromatic rings. The SMILES string of the molecule is CC1=C(C(=O)OCc2ccccc2)[C@@H](c2ccc3c(c2)OCO3)NC(=O)N1. The van der Waals surface area contributed by atoms with Crippen LogP contribution < -0.4 is 20.1 Å². The lowest BCUT2D eigenvalue weighted by Crippen LogP contribution is -2.45. The molecule has 4 rings (SSSR count). The van der Waals surface area contributed by atoms with E-state index in [4.69, 9.17) is 14.2 Å². The fourth-order valence-electron chi connectivity index (χ4n) is 3.11. The number of nitrogens with one attached hydrogen (secondary N) is 2. The summed E-state index contributed by atoms with van der Waals surface area (Å²) < 4.78 is 16.2. The van der Waals surface area contributed by atoms with Gasteiger partial charge >= 0.3 is 12.0 Å². The van der Waals surface area contributed by atoms with Gasteiger partial charge in [-0.15, -0.1) is 0 Å². The quantitative estimate of drug-likeness (QED) is 0.813. The zero-order valence-electron chi connectivity index (χ0n) is 14.7. The van der Waals surface area contributed by atoms with Crippen LogP contribution in [0.3, 0.4) is 0 Å². The number of esters is 1. The minimum Gasteiger partial charge on any atom is -0.457 e. The van der Waals surface area contributed by atoms with E-state index in [-0.39, 0.29) is 19.4 Å². The second-order valence-corrected chi connectivity index (χ2v) is 6.24. The Morgan fingerprint density at radius 3 is 2.74 bits per heavy atom. The molecular weight excluding hydrogens is 348 g/mol. The molecule has 2 aliphatic heterocycles. The molecule has 0 radical (unpaired) electrons. The van der Waals surface area contributed by atoms with Gasteiger partial charge in [-0.25, -0.2) is 9.59 Å². The topological polar surface area (TPSA) is 85.9 Å². The molecule has 138 valence electrons. The average molecular weight is 366 g/mol. The summed E-state index contributed by atoms with van der Waals surface area (Å²) in [6.45, 7) is 1.98. The van der Waals surface area contributed by atoms with Crippen molar-refractivity contribution in [2.75, 3.05) is 6.79 Å². The van der Waals surface area contributed by atoms with E-state index in [1.54, 1.807) is 25.1 Å². The van der Waals surface area contributed by atoms with Gasteiger partial charge in [0.2, 0.25) is 6.79 Å². The van der Waals surface area contributed by atoms with Gasteiger partial charge in [-0.05, 0) is 30.2 Å². The summed E-state index contributed by atoms with van der Waals surface area (Å²) in [5.41, 5.74) is 2.40. The highest BCUT2D eigenvalue weighted by Gasteiger charge is 2.33. The largest absolute Gasteiger partial charge is 0.457 e. The highest BCUT2D eigenvalue weighted by molar-refractivity contribution is 5.95. The lowest BCUT2D eigenvalue weighted by molar-refractivity contribution is -0.140. The number of fused-ring (bicyclic) bond motifs is 1. The first-order chi connectivity index (χ1) is 13.1. The van der Waals surface area contributed by atoms with E-state index in [0.29, 0.717) is 28.3 Å². The standard InChI is InChI=1S/C20H18N2O5/c1-12-17(19(23)25-10-13-5-3-2-4-6-13)18(22-20(24)21-12)14-7-8-15-16(9-14)27-11-26-15/h2-9,18H,10-11H2,1H3,(H2,21,22,24)/t18-/m1/s1. The molecule has 0 spiro atoms. The predicted octanol–water partition coefficient (Wildman–Crippen LogP) is 2.79. The van der Waals surface area contributed by atoms with E-state index < -0.39 is 12.0 Å². The number of carbonyl (C=O) groups excluding carboxylic acids is 2. The molecule has 0 fully saturated rings. The first-order valence-corrected chi connectivity index (χ1v) is 8.50. The first kappa shape index (κ1) is 17.0. The van der Waals surface area contributed by atoms with Crippen LogP contribution in [0.25, 0.3) is 0 Å². The minimum atomic E-state index is -0.642. The molecule has 2 aromatic carbocycles. The van der Waals surface area contributed by atoms with Crippen LogP contribution in [0, 0.1) is 0 Å². The molecule has 2 heterocycles. The van der Waals surface area contributed by atoms with Gasteiger partial charge in [0.15, 0.2) is 11.5 Å². The van der Waals surface area contributed by atoms with Gasteiger partial charge in [0.1, 0.15) is 6.61 Å². The van der Waals surface area contributed by atoms with Crippen LogP contribution in [-0.2, 0) is 16.1 Å². The van der Waals surface area contributed by atoms with E-state index in [0.717, 1.165) is 5.56 Å². The molecule has 7 heteroatoms. The average Bonchev–Trinajstić information content (AvgIpc) is 3.14. The molecule has 2 N–H and O–H groups in total. The van der Waals surface area contributed by atoms with Crippen LogP contribution in [0.15, 0.2) is 59.8 Å². The van der Waals surface area contributed by atoms with Crippen molar-refractivity contribution in [2.24, 2.45) is 0 Å². The van der Waals surface area contributed by atoms with Crippen molar-refractivity contribution < 1.29 is 23.8 Å². The number of rotatable bonds is 4. The van der Waals surface area contributed by atoms with Crippen molar-refractivity contribution in [3.8, 4) is 11.5 Å². The summed E-state index contributed by atoms with van der Waals surface area (Å²) in [7, 11) is 0. The fraction of sp³-hybridized carbons (Fsp3) is 0.200. The second-order valence-electron chi connectivity index (χ2n) is 6.24. The number of benzene rings is 2. The van der Waals surface area contributed by atoms with E-state index in [1.807, 2.05) is 30.3 Å². The monoisotopic (exact) mass is 366 g/mol. The molecule has 0 aromatic heterocycles. The highest BCUT2D eigenvalue weighted by atomic mass is 16.7.